The second-order valence-corrected chi connectivity index (χ2v) is 15.5. The van der Waals surface area contributed by atoms with E-state index >= 15 is 0 Å². The summed E-state index contributed by atoms with van der Waals surface area (Å²) in [5.74, 6) is -1.70. The summed E-state index contributed by atoms with van der Waals surface area (Å²) in [5.41, 5.74) is 2.51. The van der Waals surface area contributed by atoms with Crippen molar-refractivity contribution in [2.75, 3.05) is 0 Å². The highest BCUT2D eigenvalue weighted by atomic mass is 32.2. The van der Waals surface area contributed by atoms with Crippen LogP contribution >= 0.6 is 0 Å². The average molecular weight is 837 g/mol. The van der Waals surface area contributed by atoms with Crippen LogP contribution in [0.3, 0.4) is 0 Å². The van der Waals surface area contributed by atoms with Crippen molar-refractivity contribution < 1.29 is 48.0 Å². The van der Waals surface area contributed by atoms with E-state index < -0.39 is 61.2 Å². The van der Waals surface area contributed by atoms with Crippen LogP contribution in [-0.2, 0) is 61.8 Å². The van der Waals surface area contributed by atoms with E-state index in [1.54, 1.807) is 53.3 Å². The van der Waals surface area contributed by atoms with Gasteiger partial charge in [-0.15, -0.1) is 30.0 Å². The third kappa shape index (κ3) is 12.2. The van der Waals surface area contributed by atoms with E-state index in [-0.39, 0.29) is 11.6 Å². The molecule has 15 nitrogen and oxygen atoms in total. The SMILES string of the molecule is CC(=O)NS(=O)(=O)Cn1nnc(-c2ccccc2Cc2ccc(C(F)(F)F)cc2)n1.NS(=O)(=O)Cn1nnc(-c2ccccc2Cc2ccc(C(F)(F)F)cc2)n1. The third-order valence-corrected chi connectivity index (χ3v) is 9.41. The molecule has 0 spiro atoms. The number of alkyl halides is 6. The lowest BCUT2D eigenvalue weighted by Crippen LogP contribution is -2.31. The second kappa shape index (κ2) is 17.0. The Morgan fingerprint density at radius 1 is 0.632 bits per heavy atom. The number of tetrazole rings is 2. The van der Waals surface area contributed by atoms with Crippen molar-refractivity contribution in [1.82, 2.24) is 45.1 Å². The standard InChI is InChI=1S/C18H16F3N5O3S.C16H14F3N5O2S/c1-12(27)24-30(28,29)11-26-23-17(22-25-26)16-5-3-2-4-14(16)10-13-6-8-15(9-7-13)18(19,20)21;17-16(18,19)13-7-5-11(6-8-13)9-12-3-1-2-4-14(12)15-21-23-24(22-15)10-27(20,25)26/h2-9H,10-11H2,1H3,(H,24,27);1-8H,9-10H2,(H2,20,25,26). The Labute approximate surface area is 320 Å². The summed E-state index contributed by atoms with van der Waals surface area (Å²) >= 11 is 0. The predicted octanol–water partition coefficient (Wildman–Crippen LogP) is 4.57. The van der Waals surface area contributed by atoms with Gasteiger partial charge in [-0.2, -0.15) is 26.3 Å². The van der Waals surface area contributed by atoms with Gasteiger partial charge in [0, 0.05) is 18.1 Å². The molecule has 0 atom stereocenters. The van der Waals surface area contributed by atoms with Gasteiger partial charge in [0.25, 0.3) is 10.0 Å². The summed E-state index contributed by atoms with van der Waals surface area (Å²) < 4.78 is 124. The van der Waals surface area contributed by atoms with Gasteiger partial charge in [0.1, 0.15) is 0 Å². The molecule has 6 aromatic rings. The Balaban J connectivity index is 0.000000219. The van der Waals surface area contributed by atoms with Gasteiger partial charge in [-0.3, -0.25) is 9.52 Å². The molecule has 23 heteroatoms. The number of carbonyl (C=O) groups excluding carboxylic acids is 1. The van der Waals surface area contributed by atoms with Crippen LogP contribution in [-0.4, -0.2) is 63.2 Å². The maximum absolute atomic E-state index is 12.7. The number of nitrogens with two attached hydrogens (primary N) is 1. The van der Waals surface area contributed by atoms with Gasteiger partial charge in [0.15, 0.2) is 11.8 Å². The van der Waals surface area contributed by atoms with Crippen LogP contribution in [0.1, 0.15) is 40.3 Å². The van der Waals surface area contributed by atoms with Crippen molar-refractivity contribution in [2.24, 2.45) is 5.14 Å². The first-order valence-corrected chi connectivity index (χ1v) is 19.6. The molecule has 1 amide bonds. The lowest BCUT2D eigenvalue weighted by atomic mass is 9.98. The number of hydrogen-bond donors (Lipinski definition) is 2. The topological polar surface area (TPSA) is 211 Å². The number of amides is 1. The molecule has 0 bridgehead atoms. The van der Waals surface area contributed by atoms with Crippen molar-refractivity contribution in [3.63, 3.8) is 0 Å². The molecule has 0 aliphatic carbocycles. The monoisotopic (exact) mass is 836 g/mol. The summed E-state index contributed by atoms with van der Waals surface area (Å²) in [7, 11) is -7.79. The smallest absolute Gasteiger partial charge is 0.274 e. The van der Waals surface area contributed by atoms with Crippen LogP contribution in [0.2, 0.25) is 0 Å². The van der Waals surface area contributed by atoms with Crippen molar-refractivity contribution in [1.29, 1.82) is 0 Å². The minimum Gasteiger partial charge on any atom is -0.274 e. The molecule has 2 aromatic heterocycles. The Bertz CT molecular complexity index is 2560. The minimum absolute atomic E-state index is 0.149. The summed E-state index contributed by atoms with van der Waals surface area (Å²) in [5, 5.41) is 28.0. The van der Waals surface area contributed by atoms with Crippen molar-refractivity contribution in [3.05, 3.63) is 130 Å². The average Bonchev–Trinajstić information content (AvgIpc) is 3.77. The number of rotatable bonds is 11. The van der Waals surface area contributed by atoms with Crippen molar-refractivity contribution >= 4 is 26.0 Å². The molecular formula is C34H30F6N10O5S2. The van der Waals surface area contributed by atoms with Gasteiger partial charge in [0.2, 0.25) is 27.6 Å². The van der Waals surface area contributed by atoms with E-state index in [9.17, 15) is 48.0 Å². The van der Waals surface area contributed by atoms with E-state index in [4.69, 9.17) is 5.14 Å². The molecule has 57 heavy (non-hydrogen) atoms. The fourth-order valence-corrected chi connectivity index (χ4v) is 6.57. The lowest BCUT2D eigenvalue weighted by molar-refractivity contribution is -0.138. The first-order valence-electron chi connectivity index (χ1n) is 16.2. The first kappa shape index (κ1) is 42.1. The van der Waals surface area contributed by atoms with E-state index in [1.165, 1.54) is 24.3 Å². The number of aromatic nitrogens is 8. The second-order valence-electron chi connectivity index (χ2n) is 12.2. The molecule has 0 aliphatic heterocycles. The normalized spacial score (nSPS) is 12.1. The van der Waals surface area contributed by atoms with E-state index in [0.717, 1.165) is 51.9 Å². The van der Waals surface area contributed by atoms with Gasteiger partial charge in [0.05, 0.1) is 11.1 Å². The number of hydrogen-bond acceptors (Lipinski definition) is 11. The van der Waals surface area contributed by atoms with Crippen molar-refractivity contribution in [3.8, 4) is 22.8 Å². The Kier molecular flexibility index (Phi) is 12.5. The van der Waals surface area contributed by atoms with Gasteiger partial charge < -0.3 is 0 Å². The Morgan fingerprint density at radius 2 is 1.02 bits per heavy atom. The maximum Gasteiger partial charge on any atom is 0.416 e. The molecule has 4 aromatic carbocycles. The van der Waals surface area contributed by atoms with Gasteiger partial charge in [-0.05, 0) is 69.8 Å². The number of halogens is 6. The zero-order valence-corrected chi connectivity index (χ0v) is 31.0. The van der Waals surface area contributed by atoms with Crippen LogP contribution in [0.5, 0.6) is 0 Å². The largest absolute Gasteiger partial charge is 0.416 e. The van der Waals surface area contributed by atoms with E-state index in [1.807, 2.05) is 0 Å². The van der Waals surface area contributed by atoms with Gasteiger partial charge in [-0.1, -0.05) is 72.8 Å². The van der Waals surface area contributed by atoms with E-state index in [2.05, 4.69) is 30.8 Å². The summed E-state index contributed by atoms with van der Waals surface area (Å²) in [6.45, 7) is 1.06. The molecule has 0 unspecified atom stereocenters. The number of carbonyl (C=O) groups is 1. The van der Waals surface area contributed by atoms with Crippen molar-refractivity contribution in [2.45, 2.75) is 43.9 Å². The number of nitrogens with zero attached hydrogens (tertiary/aromatic N) is 8. The maximum atomic E-state index is 12.7. The molecule has 0 radical (unpaired) electrons. The zero-order valence-electron chi connectivity index (χ0n) is 29.3. The molecule has 0 saturated carbocycles. The Hall–Kier alpha value is -6.07. The third-order valence-electron chi connectivity index (χ3n) is 7.65. The number of sulfonamides is 2. The van der Waals surface area contributed by atoms with E-state index in [0.29, 0.717) is 35.1 Å². The molecule has 2 heterocycles. The summed E-state index contributed by atoms with van der Waals surface area (Å²) in [6, 6.07) is 23.6. The quantitative estimate of drug-likeness (QED) is 0.173. The van der Waals surface area contributed by atoms with Crippen LogP contribution in [0.15, 0.2) is 97.1 Å². The minimum atomic E-state index is -4.41. The molecule has 300 valence electrons. The molecule has 0 saturated heterocycles. The van der Waals surface area contributed by atoms with Crippen LogP contribution in [0.4, 0.5) is 26.3 Å². The van der Waals surface area contributed by atoms with Crippen LogP contribution in [0, 0.1) is 0 Å². The lowest BCUT2D eigenvalue weighted by Gasteiger charge is -2.09. The molecule has 0 fully saturated rings. The fraction of sp³-hybridized carbons (Fsp3) is 0.206. The highest BCUT2D eigenvalue weighted by Crippen LogP contribution is 2.31. The summed E-state index contributed by atoms with van der Waals surface area (Å²) in [6.07, 6.45) is -8.14. The zero-order chi connectivity index (χ0) is 41.6. The fourth-order valence-electron chi connectivity index (χ4n) is 5.22. The highest BCUT2D eigenvalue weighted by Gasteiger charge is 2.31. The Morgan fingerprint density at radius 3 is 1.39 bits per heavy atom. The molecule has 6 rings (SSSR count). The van der Waals surface area contributed by atoms with Gasteiger partial charge in [-0.25, -0.2) is 22.0 Å². The van der Waals surface area contributed by atoms with Gasteiger partial charge >= 0.3 is 12.4 Å². The first-order chi connectivity index (χ1) is 26.6. The summed E-state index contributed by atoms with van der Waals surface area (Å²) in [4.78, 5) is 12.6. The van der Waals surface area contributed by atoms with Crippen LogP contribution in [0.25, 0.3) is 22.8 Å². The number of nitrogens with one attached hydrogen (secondary N) is 1. The molecule has 0 aliphatic rings. The number of primary sulfonamides is 1. The predicted molar refractivity (Wildman–Crippen MR) is 191 cm³/mol. The van der Waals surface area contributed by atoms with Crippen LogP contribution < -0.4 is 9.86 Å². The number of benzene rings is 4. The molecule has 3 N–H and O–H groups in total. The highest BCUT2D eigenvalue weighted by molar-refractivity contribution is 7.89. The molecular weight excluding hydrogens is 807 g/mol.